The van der Waals surface area contributed by atoms with E-state index in [0.29, 0.717) is 11.4 Å². The summed E-state index contributed by atoms with van der Waals surface area (Å²) in [7, 11) is 0. The fraction of sp³-hybridized carbons (Fsp3) is 0.0667. The van der Waals surface area contributed by atoms with E-state index >= 15 is 0 Å². The van der Waals surface area contributed by atoms with Crippen LogP contribution in [0.15, 0.2) is 48.5 Å². The Bertz CT molecular complexity index is 655. The number of anilines is 1. The molecule has 2 aromatic rings. The molecule has 0 saturated heterocycles. The van der Waals surface area contributed by atoms with Crippen LogP contribution in [0.3, 0.4) is 0 Å². The molecule has 0 unspecified atom stereocenters. The Morgan fingerprint density at radius 1 is 1.14 bits per heavy atom. The van der Waals surface area contributed by atoms with Gasteiger partial charge in [-0.25, -0.2) is 4.79 Å². The highest BCUT2D eigenvalue weighted by molar-refractivity contribution is 14.1. The summed E-state index contributed by atoms with van der Waals surface area (Å²) < 4.78 is 6.32. The topological polar surface area (TPSA) is 75.6 Å². The molecular weight excluding hydrogens is 385 g/mol. The molecule has 0 atom stereocenters. The third-order valence-corrected chi connectivity index (χ3v) is 3.25. The van der Waals surface area contributed by atoms with E-state index in [1.54, 1.807) is 6.07 Å². The van der Waals surface area contributed by atoms with Gasteiger partial charge in [0, 0.05) is 9.26 Å². The highest BCUT2D eigenvalue weighted by Gasteiger charge is 2.05. The van der Waals surface area contributed by atoms with Gasteiger partial charge in [0.15, 0.2) is 6.61 Å². The highest BCUT2D eigenvalue weighted by atomic mass is 127. The van der Waals surface area contributed by atoms with Gasteiger partial charge in [-0.1, -0.05) is 6.07 Å². The van der Waals surface area contributed by atoms with Crippen LogP contribution in [0.1, 0.15) is 10.4 Å². The van der Waals surface area contributed by atoms with E-state index in [1.807, 2.05) is 18.2 Å². The number of hydrogen-bond acceptors (Lipinski definition) is 3. The molecule has 0 aromatic heterocycles. The summed E-state index contributed by atoms with van der Waals surface area (Å²) in [6.07, 6.45) is 0. The zero-order chi connectivity index (χ0) is 15.2. The second kappa shape index (κ2) is 7.07. The van der Waals surface area contributed by atoms with E-state index in [0.717, 1.165) is 3.57 Å². The van der Waals surface area contributed by atoms with E-state index in [-0.39, 0.29) is 18.1 Å². The van der Waals surface area contributed by atoms with Gasteiger partial charge >= 0.3 is 5.97 Å². The smallest absolute Gasteiger partial charge is 0.335 e. The van der Waals surface area contributed by atoms with Crippen molar-refractivity contribution in [1.29, 1.82) is 0 Å². The summed E-state index contributed by atoms with van der Waals surface area (Å²) in [6, 6.07) is 13.3. The third kappa shape index (κ3) is 4.75. The van der Waals surface area contributed by atoms with E-state index in [2.05, 4.69) is 27.9 Å². The number of hydrogen-bond donors (Lipinski definition) is 2. The first kappa shape index (κ1) is 15.3. The zero-order valence-corrected chi connectivity index (χ0v) is 13.0. The maximum atomic E-state index is 11.7. The average Bonchev–Trinajstić information content (AvgIpc) is 2.45. The van der Waals surface area contributed by atoms with E-state index in [9.17, 15) is 9.59 Å². The van der Waals surface area contributed by atoms with Crippen molar-refractivity contribution in [2.24, 2.45) is 0 Å². The minimum atomic E-state index is -1.00. The summed E-state index contributed by atoms with van der Waals surface area (Å²) in [5.74, 6) is -0.838. The summed E-state index contributed by atoms with van der Waals surface area (Å²) in [5, 5.41) is 11.5. The van der Waals surface area contributed by atoms with Crippen molar-refractivity contribution in [3.8, 4) is 5.75 Å². The Kier molecular flexibility index (Phi) is 5.15. The maximum Gasteiger partial charge on any atom is 0.335 e. The lowest BCUT2D eigenvalue weighted by Crippen LogP contribution is -2.20. The number of benzene rings is 2. The lowest BCUT2D eigenvalue weighted by Gasteiger charge is -2.08. The van der Waals surface area contributed by atoms with Crippen molar-refractivity contribution in [2.45, 2.75) is 0 Å². The molecular formula is C15H12INO4. The van der Waals surface area contributed by atoms with Gasteiger partial charge in [-0.05, 0) is 65.1 Å². The molecule has 0 bridgehead atoms. The number of rotatable bonds is 5. The van der Waals surface area contributed by atoms with Crippen molar-refractivity contribution >= 4 is 40.2 Å². The van der Waals surface area contributed by atoms with Gasteiger partial charge in [0.05, 0.1) is 5.56 Å². The maximum absolute atomic E-state index is 11.7. The second-order valence-corrected chi connectivity index (χ2v) is 5.42. The van der Waals surface area contributed by atoms with Crippen LogP contribution in [-0.2, 0) is 4.79 Å². The summed E-state index contributed by atoms with van der Waals surface area (Å²) in [4.78, 5) is 22.4. The SMILES string of the molecule is O=C(COc1ccc(C(=O)O)cc1)Nc1cccc(I)c1. The Morgan fingerprint density at radius 2 is 1.86 bits per heavy atom. The number of aromatic carboxylic acids is 1. The predicted molar refractivity (Wildman–Crippen MR) is 86.7 cm³/mol. The van der Waals surface area contributed by atoms with Crippen LogP contribution in [0.4, 0.5) is 5.69 Å². The molecule has 0 aliphatic heterocycles. The van der Waals surface area contributed by atoms with Crippen LogP contribution in [0.25, 0.3) is 0 Å². The van der Waals surface area contributed by atoms with E-state index in [1.165, 1.54) is 24.3 Å². The first-order valence-electron chi connectivity index (χ1n) is 6.06. The molecule has 6 heteroatoms. The fourth-order valence-corrected chi connectivity index (χ4v) is 2.15. The number of carboxylic acids is 1. The first-order valence-corrected chi connectivity index (χ1v) is 7.14. The number of carboxylic acid groups (broad SMARTS) is 1. The second-order valence-electron chi connectivity index (χ2n) is 4.18. The molecule has 1 amide bonds. The normalized spacial score (nSPS) is 9.95. The number of nitrogens with one attached hydrogen (secondary N) is 1. The van der Waals surface area contributed by atoms with Crippen LogP contribution < -0.4 is 10.1 Å². The van der Waals surface area contributed by atoms with Gasteiger partial charge in [0.25, 0.3) is 5.91 Å². The van der Waals surface area contributed by atoms with Crippen LogP contribution >= 0.6 is 22.6 Å². The zero-order valence-electron chi connectivity index (χ0n) is 10.9. The lowest BCUT2D eigenvalue weighted by molar-refractivity contribution is -0.118. The standard InChI is InChI=1S/C15H12INO4/c16-11-2-1-3-12(8-11)17-14(18)9-21-13-6-4-10(5-7-13)15(19)20/h1-8H,9H2,(H,17,18)(H,19,20). The lowest BCUT2D eigenvalue weighted by atomic mass is 10.2. The van der Waals surface area contributed by atoms with Gasteiger partial charge in [0.1, 0.15) is 5.75 Å². The minimum Gasteiger partial charge on any atom is -0.484 e. The molecule has 0 aliphatic rings. The molecule has 108 valence electrons. The van der Waals surface area contributed by atoms with E-state index < -0.39 is 5.97 Å². The monoisotopic (exact) mass is 397 g/mol. The molecule has 2 aromatic carbocycles. The Morgan fingerprint density at radius 3 is 2.48 bits per heavy atom. The van der Waals surface area contributed by atoms with Crippen molar-refractivity contribution < 1.29 is 19.4 Å². The molecule has 0 aliphatic carbocycles. The number of carbonyl (C=O) groups is 2. The number of amides is 1. The highest BCUT2D eigenvalue weighted by Crippen LogP contribution is 2.14. The number of ether oxygens (including phenoxy) is 1. The predicted octanol–water partition coefficient (Wildman–Crippen LogP) is 3.01. The number of halogens is 1. The molecule has 0 spiro atoms. The average molecular weight is 397 g/mol. The molecule has 0 saturated carbocycles. The fourth-order valence-electron chi connectivity index (χ4n) is 1.61. The molecule has 0 fully saturated rings. The quantitative estimate of drug-likeness (QED) is 0.761. The van der Waals surface area contributed by atoms with Crippen LogP contribution in [0, 0.1) is 3.57 Å². The first-order chi connectivity index (χ1) is 10.0. The molecule has 2 N–H and O–H groups in total. The van der Waals surface area contributed by atoms with Gasteiger partial charge in [-0.15, -0.1) is 0 Å². The summed E-state index contributed by atoms with van der Waals surface area (Å²) >= 11 is 2.16. The Hall–Kier alpha value is -2.09. The Labute approximate surface area is 135 Å². The Balaban J connectivity index is 1.87. The largest absolute Gasteiger partial charge is 0.484 e. The molecule has 5 nitrogen and oxygen atoms in total. The molecule has 0 radical (unpaired) electrons. The van der Waals surface area contributed by atoms with Crippen molar-refractivity contribution in [2.75, 3.05) is 11.9 Å². The van der Waals surface area contributed by atoms with E-state index in [4.69, 9.17) is 9.84 Å². The summed E-state index contributed by atoms with van der Waals surface area (Å²) in [5.41, 5.74) is 0.877. The minimum absolute atomic E-state index is 0.141. The van der Waals surface area contributed by atoms with Crippen LogP contribution in [0.5, 0.6) is 5.75 Å². The van der Waals surface area contributed by atoms with Gasteiger partial charge in [-0.3, -0.25) is 4.79 Å². The summed E-state index contributed by atoms with van der Waals surface area (Å²) in [6.45, 7) is -0.141. The van der Waals surface area contributed by atoms with Crippen molar-refractivity contribution in [3.63, 3.8) is 0 Å². The van der Waals surface area contributed by atoms with Crippen LogP contribution in [-0.4, -0.2) is 23.6 Å². The van der Waals surface area contributed by atoms with Crippen molar-refractivity contribution in [3.05, 3.63) is 57.7 Å². The molecule has 21 heavy (non-hydrogen) atoms. The molecule has 2 rings (SSSR count). The van der Waals surface area contributed by atoms with Gasteiger partial charge < -0.3 is 15.2 Å². The third-order valence-electron chi connectivity index (χ3n) is 2.58. The van der Waals surface area contributed by atoms with Gasteiger partial charge in [0.2, 0.25) is 0 Å². The number of carbonyl (C=O) groups excluding carboxylic acids is 1. The molecule has 0 heterocycles. The van der Waals surface area contributed by atoms with Crippen molar-refractivity contribution in [1.82, 2.24) is 0 Å². The van der Waals surface area contributed by atoms with Crippen LogP contribution in [0.2, 0.25) is 0 Å². The van der Waals surface area contributed by atoms with Gasteiger partial charge in [-0.2, -0.15) is 0 Å².